The number of nitrogens with zero attached hydrogens (tertiary/aromatic N) is 3. The van der Waals surface area contributed by atoms with Crippen LogP contribution in [-0.2, 0) is 0 Å². The van der Waals surface area contributed by atoms with Crippen LogP contribution in [0.25, 0.3) is 0 Å². The number of hydrogen-bond acceptors (Lipinski definition) is 4. The van der Waals surface area contributed by atoms with Gasteiger partial charge in [-0.3, -0.25) is 0 Å². The molecule has 6 nitrogen and oxygen atoms in total. The Bertz CT molecular complexity index is 698. The number of rotatable bonds is 3. The van der Waals surface area contributed by atoms with E-state index in [4.69, 9.17) is 0 Å². The highest BCUT2D eigenvalue weighted by molar-refractivity contribution is 5.99. The van der Waals surface area contributed by atoms with Crippen molar-refractivity contribution in [2.24, 2.45) is 5.92 Å². The molecule has 0 spiro atoms. The van der Waals surface area contributed by atoms with Crippen LogP contribution < -0.4 is 15.5 Å². The van der Waals surface area contributed by atoms with E-state index in [2.05, 4.69) is 32.4 Å². The third-order valence-corrected chi connectivity index (χ3v) is 4.05. The van der Waals surface area contributed by atoms with Gasteiger partial charge in [0.25, 0.3) is 0 Å². The molecule has 0 radical (unpaired) electrons. The van der Waals surface area contributed by atoms with Crippen LogP contribution in [0, 0.1) is 11.7 Å². The van der Waals surface area contributed by atoms with Crippen molar-refractivity contribution in [3.63, 3.8) is 0 Å². The first-order valence-corrected chi connectivity index (χ1v) is 8.01. The number of carbonyl (C=O) groups excluding carboxylic acids is 1. The van der Waals surface area contributed by atoms with Crippen molar-refractivity contribution in [1.82, 2.24) is 9.97 Å². The maximum atomic E-state index is 13.1. The van der Waals surface area contributed by atoms with E-state index in [0.29, 0.717) is 17.3 Å². The van der Waals surface area contributed by atoms with Crippen molar-refractivity contribution in [2.45, 2.75) is 19.8 Å². The summed E-state index contributed by atoms with van der Waals surface area (Å²) in [7, 11) is 0. The molecule has 24 heavy (non-hydrogen) atoms. The van der Waals surface area contributed by atoms with Gasteiger partial charge in [0.05, 0.1) is 18.1 Å². The fourth-order valence-electron chi connectivity index (χ4n) is 2.62. The van der Waals surface area contributed by atoms with E-state index in [1.54, 1.807) is 18.5 Å². The molecule has 0 aliphatic carbocycles. The third-order valence-electron chi connectivity index (χ3n) is 4.05. The van der Waals surface area contributed by atoms with E-state index in [9.17, 15) is 9.18 Å². The highest BCUT2D eigenvalue weighted by Crippen LogP contribution is 2.20. The Morgan fingerprint density at radius 3 is 2.50 bits per heavy atom. The molecule has 0 unspecified atom stereocenters. The van der Waals surface area contributed by atoms with Crippen molar-refractivity contribution in [3.8, 4) is 0 Å². The molecule has 2 aromatic rings. The Kier molecular flexibility index (Phi) is 4.88. The summed E-state index contributed by atoms with van der Waals surface area (Å²) in [5, 5.41) is 5.19. The zero-order chi connectivity index (χ0) is 16.9. The molecule has 2 heterocycles. The van der Waals surface area contributed by atoms with Gasteiger partial charge in [-0.05, 0) is 37.0 Å². The summed E-state index contributed by atoms with van der Waals surface area (Å²) in [6.45, 7) is 4.16. The number of benzene rings is 1. The lowest BCUT2D eigenvalue weighted by Gasteiger charge is -2.30. The number of amides is 2. The maximum Gasteiger partial charge on any atom is 0.323 e. The number of aromatic nitrogens is 2. The molecule has 3 rings (SSSR count). The Labute approximate surface area is 140 Å². The molecular weight excluding hydrogens is 309 g/mol. The van der Waals surface area contributed by atoms with Crippen LogP contribution in [0.5, 0.6) is 0 Å². The van der Waals surface area contributed by atoms with Gasteiger partial charge in [-0.25, -0.2) is 19.2 Å². The van der Waals surface area contributed by atoms with Crippen LogP contribution in [0.3, 0.4) is 0 Å². The SMILES string of the molecule is CC1CCN(c2ncc(NC(=O)Nc3cccc(F)c3)cn2)CC1. The number of nitrogens with one attached hydrogen (secondary N) is 2. The normalized spacial score (nSPS) is 15.2. The van der Waals surface area contributed by atoms with Gasteiger partial charge in [-0.15, -0.1) is 0 Å². The van der Waals surface area contributed by atoms with Gasteiger partial charge in [-0.2, -0.15) is 0 Å². The maximum absolute atomic E-state index is 13.1. The summed E-state index contributed by atoms with van der Waals surface area (Å²) >= 11 is 0. The number of urea groups is 1. The number of halogens is 1. The van der Waals surface area contributed by atoms with E-state index >= 15 is 0 Å². The summed E-state index contributed by atoms with van der Waals surface area (Å²) in [5.41, 5.74) is 0.866. The van der Waals surface area contributed by atoms with Gasteiger partial charge in [0.15, 0.2) is 0 Å². The Balaban J connectivity index is 1.56. The molecule has 0 saturated carbocycles. The van der Waals surface area contributed by atoms with Crippen LogP contribution in [0.15, 0.2) is 36.7 Å². The minimum atomic E-state index is -0.469. The molecule has 1 fully saturated rings. The molecule has 1 aliphatic rings. The van der Waals surface area contributed by atoms with E-state index < -0.39 is 11.8 Å². The van der Waals surface area contributed by atoms with E-state index in [1.165, 1.54) is 18.2 Å². The second kappa shape index (κ2) is 7.25. The smallest absolute Gasteiger partial charge is 0.323 e. The molecule has 1 aliphatic heterocycles. The van der Waals surface area contributed by atoms with E-state index in [0.717, 1.165) is 31.8 Å². The first-order chi connectivity index (χ1) is 11.6. The Morgan fingerprint density at radius 1 is 1.17 bits per heavy atom. The van der Waals surface area contributed by atoms with Crippen molar-refractivity contribution < 1.29 is 9.18 Å². The summed E-state index contributed by atoms with van der Waals surface area (Å²) in [6.07, 6.45) is 5.43. The summed E-state index contributed by atoms with van der Waals surface area (Å²) in [4.78, 5) is 22.7. The highest BCUT2D eigenvalue weighted by Gasteiger charge is 2.17. The Hall–Kier alpha value is -2.70. The Morgan fingerprint density at radius 2 is 1.83 bits per heavy atom. The first-order valence-electron chi connectivity index (χ1n) is 8.01. The van der Waals surface area contributed by atoms with Crippen LogP contribution in [0.2, 0.25) is 0 Å². The number of hydrogen-bond donors (Lipinski definition) is 2. The van der Waals surface area contributed by atoms with Crippen molar-refractivity contribution in [2.75, 3.05) is 28.6 Å². The monoisotopic (exact) mass is 329 g/mol. The summed E-state index contributed by atoms with van der Waals surface area (Å²) in [6, 6.07) is 5.24. The molecule has 126 valence electrons. The molecule has 1 aromatic carbocycles. The predicted molar refractivity (Wildman–Crippen MR) is 91.7 cm³/mol. The predicted octanol–water partition coefficient (Wildman–Crippen LogP) is 3.50. The van der Waals surface area contributed by atoms with Gasteiger partial charge in [-0.1, -0.05) is 13.0 Å². The summed E-state index contributed by atoms with van der Waals surface area (Å²) < 4.78 is 13.1. The van der Waals surface area contributed by atoms with Crippen LogP contribution in [0.1, 0.15) is 19.8 Å². The van der Waals surface area contributed by atoms with E-state index in [1.807, 2.05) is 0 Å². The number of piperidine rings is 1. The molecule has 0 bridgehead atoms. The largest absolute Gasteiger partial charge is 0.341 e. The molecule has 1 aromatic heterocycles. The standard InChI is InChI=1S/C17H20FN5O/c1-12-5-7-23(8-6-12)16-19-10-15(11-20-16)22-17(24)21-14-4-2-3-13(18)9-14/h2-4,9-12H,5-8H2,1H3,(H2,21,22,24). The number of carbonyl (C=O) groups is 1. The average Bonchev–Trinajstić information content (AvgIpc) is 2.56. The highest BCUT2D eigenvalue weighted by atomic mass is 19.1. The molecular formula is C17H20FN5O. The van der Waals surface area contributed by atoms with Gasteiger partial charge in [0.2, 0.25) is 5.95 Å². The van der Waals surface area contributed by atoms with Crippen molar-refractivity contribution in [1.29, 1.82) is 0 Å². The first kappa shape index (κ1) is 16.2. The van der Waals surface area contributed by atoms with Gasteiger partial charge in [0.1, 0.15) is 5.82 Å². The molecule has 1 saturated heterocycles. The minimum Gasteiger partial charge on any atom is -0.341 e. The van der Waals surface area contributed by atoms with Crippen LogP contribution in [0.4, 0.5) is 26.5 Å². The van der Waals surface area contributed by atoms with Gasteiger partial charge < -0.3 is 15.5 Å². The van der Waals surface area contributed by atoms with E-state index in [-0.39, 0.29) is 0 Å². The average molecular weight is 329 g/mol. The summed E-state index contributed by atoms with van der Waals surface area (Å²) in [5.74, 6) is 1.02. The second-order valence-corrected chi connectivity index (χ2v) is 6.03. The quantitative estimate of drug-likeness (QED) is 0.904. The minimum absolute atomic E-state index is 0.382. The lowest BCUT2D eigenvalue weighted by atomic mass is 10.00. The molecule has 2 amide bonds. The molecule has 0 atom stereocenters. The van der Waals surface area contributed by atoms with Crippen LogP contribution >= 0.6 is 0 Å². The van der Waals surface area contributed by atoms with Crippen molar-refractivity contribution >= 4 is 23.4 Å². The molecule has 7 heteroatoms. The van der Waals surface area contributed by atoms with Crippen molar-refractivity contribution in [3.05, 3.63) is 42.5 Å². The second-order valence-electron chi connectivity index (χ2n) is 6.03. The lowest BCUT2D eigenvalue weighted by Crippen LogP contribution is -2.34. The lowest BCUT2D eigenvalue weighted by molar-refractivity contribution is 0.262. The fourth-order valence-corrected chi connectivity index (χ4v) is 2.62. The van der Waals surface area contributed by atoms with Gasteiger partial charge in [0, 0.05) is 18.8 Å². The zero-order valence-corrected chi connectivity index (χ0v) is 13.5. The zero-order valence-electron chi connectivity index (χ0n) is 13.5. The number of anilines is 3. The van der Waals surface area contributed by atoms with Gasteiger partial charge >= 0.3 is 6.03 Å². The molecule has 2 N–H and O–H groups in total. The topological polar surface area (TPSA) is 70.2 Å². The fraction of sp³-hybridized carbons (Fsp3) is 0.353. The van der Waals surface area contributed by atoms with Crippen LogP contribution in [-0.4, -0.2) is 29.1 Å². The third kappa shape index (κ3) is 4.18.